The number of amides is 2. The van der Waals surface area contributed by atoms with Gasteiger partial charge in [0.2, 0.25) is 0 Å². The molecule has 0 aromatic rings. The van der Waals surface area contributed by atoms with E-state index in [4.69, 9.17) is 9.84 Å². The third kappa shape index (κ3) is 4.97. The summed E-state index contributed by atoms with van der Waals surface area (Å²) in [5, 5.41) is 8.81. The highest BCUT2D eigenvalue weighted by Crippen LogP contribution is 2.08. The van der Waals surface area contributed by atoms with Crippen LogP contribution in [0.2, 0.25) is 0 Å². The number of carbonyl (C=O) groups is 2. The number of carboxylic acid groups (broad SMARTS) is 1. The van der Waals surface area contributed by atoms with Crippen molar-refractivity contribution in [1.82, 2.24) is 14.7 Å². The number of ether oxygens (including phenoxy) is 1. The predicted octanol–water partition coefficient (Wildman–Crippen LogP) is 0.165. The van der Waals surface area contributed by atoms with Gasteiger partial charge in [-0.05, 0) is 13.3 Å². The number of carbonyl (C=O) groups excluding carboxylic acids is 1. The Labute approximate surface area is 120 Å². The van der Waals surface area contributed by atoms with Gasteiger partial charge in [-0.2, -0.15) is 0 Å². The van der Waals surface area contributed by atoms with Crippen molar-refractivity contribution in [3.05, 3.63) is 0 Å². The van der Waals surface area contributed by atoms with Gasteiger partial charge in [0.15, 0.2) is 0 Å². The number of hydrogen-bond donors (Lipinski definition) is 1. The molecule has 1 rings (SSSR count). The van der Waals surface area contributed by atoms with Crippen LogP contribution in [0.15, 0.2) is 0 Å². The van der Waals surface area contributed by atoms with Crippen LogP contribution in [0.1, 0.15) is 13.3 Å². The summed E-state index contributed by atoms with van der Waals surface area (Å²) in [4.78, 5) is 28.4. The summed E-state index contributed by atoms with van der Waals surface area (Å²) in [6.45, 7) is 5.03. The van der Waals surface area contributed by atoms with Crippen LogP contribution in [0.3, 0.4) is 0 Å². The van der Waals surface area contributed by atoms with E-state index in [9.17, 15) is 9.59 Å². The summed E-state index contributed by atoms with van der Waals surface area (Å²) in [6.07, 6.45) is 0.797. The normalized spacial score (nSPS) is 18.4. The number of carboxylic acids is 1. The first kappa shape index (κ1) is 16.7. The molecule has 0 saturated carbocycles. The van der Waals surface area contributed by atoms with Gasteiger partial charge in [0.1, 0.15) is 0 Å². The van der Waals surface area contributed by atoms with E-state index in [1.807, 2.05) is 11.8 Å². The van der Waals surface area contributed by atoms with Crippen molar-refractivity contribution < 1.29 is 19.4 Å². The molecule has 0 radical (unpaired) electrons. The number of hydrogen-bond acceptors (Lipinski definition) is 4. The minimum atomic E-state index is -0.824. The summed E-state index contributed by atoms with van der Waals surface area (Å²) >= 11 is 0. The summed E-state index contributed by atoms with van der Waals surface area (Å²) in [5.41, 5.74) is 0. The Bertz CT molecular complexity index is 338. The van der Waals surface area contributed by atoms with Crippen LogP contribution in [0.4, 0.5) is 4.79 Å². The highest BCUT2D eigenvalue weighted by atomic mass is 16.5. The Morgan fingerprint density at radius 2 is 2.00 bits per heavy atom. The minimum absolute atomic E-state index is 0.0193. The average Bonchev–Trinajstić information content (AvgIpc) is 2.62. The molecular weight excluding hydrogens is 262 g/mol. The zero-order valence-electron chi connectivity index (χ0n) is 12.5. The van der Waals surface area contributed by atoms with Crippen LogP contribution in [0.5, 0.6) is 0 Å². The predicted molar refractivity (Wildman–Crippen MR) is 74.8 cm³/mol. The number of urea groups is 1. The smallest absolute Gasteiger partial charge is 0.320 e. The molecule has 1 saturated heterocycles. The van der Waals surface area contributed by atoms with Gasteiger partial charge in [-0.1, -0.05) is 0 Å². The highest BCUT2D eigenvalue weighted by molar-refractivity contribution is 5.74. The van der Waals surface area contributed by atoms with E-state index in [0.717, 1.165) is 6.42 Å². The second kappa shape index (κ2) is 8.06. The van der Waals surface area contributed by atoms with E-state index in [0.29, 0.717) is 32.8 Å². The number of methoxy groups -OCH3 is 1. The Hall–Kier alpha value is -1.34. The number of rotatable bonds is 5. The average molecular weight is 287 g/mol. The summed E-state index contributed by atoms with van der Waals surface area (Å²) in [5.74, 6) is -0.824. The van der Waals surface area contributed by atoms with Crippen LogP contribution in [-0.2, 0) is 9.53 Å². The molecule has 1 heterocycles. The van der Waals surface area contributed by atoms with Crippen LogP contribution < -0.4 is 0 Å². The van der Waals surface area contributed by atoms with E-state index in [1.165, 1.54) is 0 Å². The molecule has 7 nitrogen and oxygen atoms in total. The SMILES string of the molecule is COCC(C)N(C)C(=O)N1CCCN(CC(=O)O)CC1. The molecule has 0 bridgehead atoms. The van der Waals surface area contributed by atoms with E-state index >= 15 is 0 Å². The summed E-state index contributed by atoms with van der Waals surface area (Å²) in [7, 11) is 3.39. The summed E-state index contributed by atoms with van der Waals surface area (Å²) in [6, 6.07) is -0.00222. The van der Waals surface area contributed by atoms with E-state index in [1.54, 1.807) is 24.0 Å². The summed E-state index contributed by atoms with van der Waals surface area (Å²) < 4.78 is 5.06. The van der Waals surface area contributed by atoms with E-state index < -0.39 is 5.97 Å². The Kier molecular flexibility index (Phi) is 6.74. The monoisotopic (exact) mass is 287 g/mol. The molecule has 1 atom stereocenters. The van der Waals surface area contributed by atoms with Crippen molar-refractivity contribution in [1.29, 1.82) is 0 Å². The van der Waals surface area contributed by atoms with Crippen molar-refractivity contribution in [2.75, 3.05) is 53.5 Å². The molecule has 20 heavy (non-hydrogen) atoms. The van der Waals surface area contributed by atoms with Gasteiger partial charge in [0.05, 0.1) is 19.2 Å². The number of likely N-dealkylation sites (N-methyl/N-ethyl adjacent to an activating group) is 1. The van der Waals surface area contributed by atoms with Crippen LogP contribution in [-0.4, -0.2) is 91.3 Å². The zero-order chi connectivity index (χ0) is 15.1. The molecule has 1 N–H and O–H groups in total. The molecule has 0 aromatic carbocycles. The molecule has 1 aliphatic heterocycles. The second-order valence-corrected chi connectivity index (χ2v) is 5.21. The fourth-order valence-corrected chi connectivity index (χ4v) is 2.28. The maximum Gasteiger partial charge on any atom is 0.320 e. The molecule has 1 fully saturated rings. The van der Waals surface area contributed by atoms with Crippen molar-refractivity contribution in [3.63, 3.8) is 0 Å². The van der Waals surface area contributed by atoms with Gasteiger partial charge < -0.3 is 19.6 Å². The van der Waals surface area contributed by atoms with Crippen molar-refractivity contribution >= 4 is 12.0 Å². The Morgan fingerprint density at radius 1 is 1.30 bits per heavy atom. The molecule has 1 unspecified atom stereocenters. The Morgan fingerprint density at radius 3 is 2.60 bits per heavy atom. The third-order valence-electron chi connectivity index (χ3n) is 3.59. The molecule has 7 heteroatoms. The van der Waals surface area contributed by atoms with Gasteiger partial charge in [-0.15, -0.1) is 0 Å². The van der Waals surface area contributed by atoms with Gasteiger partial charge >= 0.3 is 12.0 Å². The standard InChI is InChI=1S/C13H25N3O4/c1-11(10-20-3)14(2)13(19)16-6-4-5-15(7-8-16)9-12(17)18/h11H,4-10H2,1-3H3,(H,17,18). The van der Waals surface area contributed by atoms with Gasteiger partial charge in [-0.25, -0.2) is 4.79 Å². The number of aliphatic carboxylic acids is 1. The molecule has 0 spiro atoms. The maximum atomic E-state index is 12.4. The van der Waals surface area contributed by atoms with Crippen molar-refractivity contribution in [3.8, 4) is 0 Å². The molecule has 0 aromatic heterocycles. The van der Waals surface area contributed by atoms with Gasteiger partial charge in [0.25, 0.3) is 0 Å². The first-order valence-electron chi connectivity index (χ1n) is 6.90. The zero-order valence-corrected chi connectivity index (χ0v) is 12.5. The lowest BCUT2D eigenvalue weighted by Gasteiger charge is -2.31. The lowest BCUT2D eigenvalue weighted by atomic mass is 10.3. The fraction of sp³-hybridized carbons (Fsp3) is 0.846. The molecule has 2 amide bonds. The fourth-order valence-electron chi connectivity index (χ4n) is 2.28. The van der Waals surface area contributed by atoms with Crippen LogP contribution in [0, 0.1) is 0 Å². The van der Waals surface area contributed by atoms with Crippen LogP contribution in [0.25, 0.3) is 0 Å². The van der Waals surface area contributed by atoms with E-state index in [2.05, 4.69) is 0 Å². The lowest BCUT2D eigenvalue weighted by Crippen LogP contribution is -2.47. The number of nitrogens with zero attached hydrogens (tertiary/aromatic N) is 3. The van der Waals surface area contributed by atoms with Crippen molar-refractivity contribution in [2.45, 2.75) is 19.4 Å². The minimum Gasteiger partial charge on any atom is -0.480 e. The molecule has 1 aliphatic rings. The van der Waals surface area contributed by atoms with Gasteiger partial charge in [0, 0.05) is 40.3 Å². The highest BCUT2D eigenvalue weighted by Gasteiger charge is 2.24. The molecular formula is C13H25N3O4. The Balaban J connectivity index is 2.51. The molecule has 116 valence electrons. The van der Waals surface area contributed by atoms with Gasteiger partial charge in [-0.3, -0.25) is 9.69 Å². The quantitative estimate of drug-likeness (QED) is 0.780. The van der Waals surface area contributed by atoms with Crippen molar-refractivity contribution in [2.24, 2.45) is 0 Å². The first-order valence-corrected chi connectivity index (χ1v) is 6.90. The maximum absolute atomic E-state index is 12.4. The first-order chi connectivity index (χ1) is 9.45. The second-order valence-electron chi connectivity index (χ2n) is 5.21. The largest absolute Gasteiger partial charge is 0.480 e. The van der Waals surface area contributed by atoms with E-state index in [-0.39, 0.29) is 18.6 Å². The lowest BCUT2D eigenvalue weighted by molar-refractivity contribution is -0.138. The third-order valence-corrected chi connectivity index (χ3v) is 3.59. The molecule has 0 aliphatic carbocycles. The topological polar surface area (TPSA) is 73.3 Å². The van der Waals surface area contributed by atoms with Crippen LogP contribution >= 0.6 is 0 Å².